The highest BCUT2D eigenvalue weighted by atomic mass is 16.5. The Hall–Kier alpha value is -1.54. The summed E-state index contributed by atoms with van der Waals surface area (Å²) in [5.41, 5.74) is -0.476. The topological polar surface area (TPSA) is 100 Å². The van der Waals surface area contributed by atoms with Crippen molar-refractivity contribution in [1.82, 2.24) is 5.32 Å². The van der Waals surface area contributed by atoms with Gasteiger partial charge in [0.2, 0.25) is 0 Å². The molecule has 0 fully saturated rings. The van der Waals surface area contributed by atoms with Gasteiger partial charge in [-0.1, -0.05) is 0 Å². The van der Waals surface area contributed by atoms with Gasteiger partial charge in [0.1, 0.15) is 17.2 Å². The minimum atomic E-state index is -1.17. The third-order valence-corrected chi connectivity index (χ3v) is 3.37. The lowest BCUT2D eigenvalue weighted by Crippen LogP contribution is -2.54. The maximum Gasteiger partial charge on any atom is 0.130 e. The lowest BCUT2D eigenvalue weighted by atomic mass is 10.0. The minimum Gasteiger partial charge on any atom is -0.496 e. The monoisotopic (exact) mass is 301 g/mol. The summed E-state index contributed by atoms with van der Waals surface area (Å²) in [6, 6.07) is 3.41. The van der Waals surface area contributed by atoms with E-state index in [-0.39, 0.29) is 6.54 Å². The number of hydrogen-bond acceptors (Lipinski definition) is 7. The Balaban J connectivity index is 3.06. The predicted molar refractivity (Wildman–Crippen MR) is 76.9 cm³/mol. The lowest BCUT2D eigenvalue weighted by Gasteiger charge is -2.29. The van der Waals surface area contributed by atoms with Crippen LogP contribution in [0.3, 0.4) is 0 Å². The van der Waals surface area contributed by atoms with Crippen LogP contribution < -0.4 is 19.5 Å². The molecule has 0 radical (unpaired) electrons. The van der Waals surface area contributed by atoms with Gasteiger partial charge in [-0.3, -0.25) is 0 Å². The van der Waals surface area contributed by atoms with E-state index >= 15 is 0 Å². The highest BCUT2D eigenvalue weighted by molar-refractivity contribution is 5.50. The molecular formula is C14H23NO6. The number of rotatable bonds is 9. The minimum absolute atomic E-state index is 0.234. The quantitative estimate of drug-likeness (QED) is 0.489. The Morgan fingerprint density at radius 1 is 0.905 bits per heavy atom. The first kappa shape index (κ1) is 17.5. The Bertz CT molecular complexity index is 414. The maximum atomic E-state index is 9.32. The van der Waals surface area contributed by atoms with E-state index in [9.17, 15) is 15.3 Å². The van der Waals surface area contributed by atoms with Crippen molar-refractivity contribution in [2.75, 3.05) is 41.2 Å². The molecule has 0 saturated heterocycles. The summed E-state index contributed by atoms with van der Waals surface area (Å²) in [5, 5.41) is 30.9. The van der Waals surface area contributed by atoms with E-state index in [0.29, 0.717) is 22.8 Å². The van der Waals surface area contributed by atoms with Gasteiger partial charge in [0.15, 0.2) is 0 Å². The molecule has 120 valence electrons. The predicted octanol–water partition coefficient (Wildman–Crippen LogP) is -0.482. The van der Waals surface area contributed by atoms with Gasteiger partial charge in [-0.25, -0.2) is 0 Å². The van der Waals surface area contributed by atoms with E-state index in [2.05, 4.69) is 5.32 Å². The zero-order chi connectivity index (χ0) is 15.9. The number of aliphatic hydroxyl groups excluding tert-OH is 3. The fourth-order valence-corrected chi connectivity index (χ4v) is 1.85. The Kier molecular flexibility index (Phi) is 6.70. The lowest BCUT2D eigenvalue weighted by molar-refractivity contribution is 0.0411. The summed E-state index contributed by atoms with van der Waals surface area (Å²) in [6.07, 6.45) is 0. The molecule has 1 aromatic rings. The first-order chi connectivity index (χ1) is 10.1. The zero-order valence-electron chi connectivity index (χ0n) is 12.5. The van der Waals surface area contributed by atoms with E-state index in [0.717, 1.165) is 0 Å². The second-order valence-corrected chi connectivity index (χ2v) is 4.62. The molecule has 0 heterocycles. The van der Waals surface area contributed by atoms with Gasteiger partial charge in [-0.2, -0.15) is 0 Å². The fraction of sp³-hybridized carbons (Fsp3) is 0.571. The SMILES string of the molecule is COc1cc(OC)c(CNC(CO)(CO)CO)c(OC)c1. The van der Waals surface area contributed by atoms with Gasteiger partial charge in [0.05, 0.1) is 52.3 Å². The summed E-state index contributed by atoms with van der Waals surface area (Å²) in [7, 11) is 4.59. The molecule has 0 saturated carbocycles. The molecule has 0 unspecified atom stereocenters. The summed E-state index contributed by atoms with van der Waals surface area (Å²) in [6.45, 7) is -0.972. The van der Waals surface area contributed by atoms with Crippen LogP contribution in [0.25, 0.3) is 0 Å². The van der Waals surface area contributed by atoms with Crippen molar-refractivity contribution in [3.63, 3.8) is 0 Å². The summed E-state index contributed by atoms with van der Waals surface area (Å²) in [5.74, 6) is 1.67. The van der Waals surface area contributed by atoms with Gasteiger partial charge in [0.25, 0.3) is 0 Å². The summed E-state index contributed by atoms with van der Waals surface area (Å²) < 4.78 is 15.8. The van der Waals surface area contributed by atoms with Crippen molar-refractivity contribution in [3.8, 4) is 17.2 Å². The van der Waals surface area contributed by atoms with Crippen LogP contribution in [0.5, 0.6) is 17.2 Å². The van der Waals surface area contributed by atoms with Crippen LogP contribution in [0.4, 0.5) is 0 Å². The Labute approximate surface area is 124 Å². The molecule has 0 bridgehead atoms. The van der Waals surface area contributed by atoms with Gasteiger partial charge in [0, 0.05) is 18.7 Å². The van der Waals surface area contributed by atoms with Crippen molar-refractivity contribution in [3.05, 3.63) is 17.7 Å². The Morgan fingerprint density at radius 2 is 1.38 bits per heavy atom. The normalized spacial score (nSPS) is 11.3. The van der Waals surface area contributed by atoms with Crippen LogP contribution in [-0.2, 0) is 6.54 Å². The van der Waals surface area contributed by atoms with Crippen molar-refractivity contribution in [2.45, 2.75) is 12.1 Å². The van der Waals surface area contributed by atoms with Gasteiger partial charge < -0.3 is 34.8 Å². The Morgan fingerprint density at radius 3 is 1.71 bits per heavy atom. The molecule has 0 aromatic heterocycles. The molecule has 1 rings (SSSR count). The highest BCUT2D eigenvalue weighted by Gasteiger charge is 2.28. The van der Waals surface area contributed by atoms with Crippen LogP contribution in [-0.4, -0.2) is 62.0 Å². The molecule has 0 aliphatic rings. The van der Waals surface area contributed by atoms with Crippen LogP contribution in [0.1, 0.15) is 5.56 Å². The van der Waals surface area contributed by atoms with E-state index in [1.54, 1.807) is 19.2 Å². The molecule has 1 aromatic carbocycles. The van der Waals surface area contributed by atoms with Crippen LogP contribution >= 0.6 is 0 Å². The zero-order valence-corrected chi connectivity index (χ0v) is 12.5. The molecular weight excluding hydrogens is 278 g/mol. The first-order valence-corrected chi connectivity index (χ1v) is 6.46. The summed E-state index contributed by atoms with van der Waals surface area (Å²) >= 11 is 0. The molecule has 0 amide bonds. The third-order valence-electron chi connectivity index (χ3n) is 3.37. The third kappa shape index (κ3) is 3.98. The van der Waals surface area contributed by atoms with Gasteiger partial charge >= 0.3 is 0 Å². The maximum absolute atomic E-state index is 9.32. The summed E-state index contributed by atoms with van der Waals surface area (Å²) in [4.78, 5) is 0. The standard InChI is InChI=1S/C14H23NO6/c1-19-10-4-12(20-2)11(13(5-10)21-3)6-15-14(7-16,8-17)9-18/h4-5,15-18H,6-9H2,1-3H3. The van der Waals surface area contributed by atoms with Crippen molar-refractivity contribution < 1.29 is 29.5 Å². The van der Waals surface area contributed by atoms with Crippen molar-refractivity contribution in [1.29, 1.82) is 0 Å². The number of nitrogens with one attached hydrogen (secondary N) is 1. The smallest absolute Gasteiger partial charge is 0.130 e. The number of benzene rings is 1. The number of aliphatic hydroxyl groups is 3. The molecule has 0 aliphatic heterocycles. The molecule has 0 aliphatic carbocycles. The van der Waals surface area contributed by atoms with Crippen LogP contribution in [0.15, 0.2) is 12.1 Å². The van der Waals surface area contributed by atoms with Crippen molar-refractivity contribution in [2.24, 2.45) is 0 Å². The molecule has 21 heavy (non-hydrogen) atoms. The molecule has 4 N–H and O–H groups in total. The average Bonchev–Trinajstić information content (AvgIpc) is 2.55. The van der Waals surface area contributed by atoms with Crippen LogP contribution in [0.2, 0.25) is 0 Å². The molecule has 0 spiro atoms. The largest absolute Gasteiger partial charge is 0.496 e. The number of methoxy groups -OCH3 is 3. The number of ether oxygens (including phenoxy) is 3. The van der Waals surface area contributed by atoms with E-state index < -0.39 is 25.4 Å². The van der Waals surface area contributed by atoms with E-state index in [1.807, 2.05) is 0 Å². The second kappa shape index (κ2) is 8.04. The number of hydrogen-bond donors (Lipinski definition) is 4. The average molecular weight is 301 g/mol. The highest BCUT2D eigenvalue weighted by Crippen LogP contribution is 2.34. The second-order valence-electron chi connectivity index (χ2n) is 4.62. The van der Waals surface area contributed by atoms with Gasteiger partial charge in [-0.05, 0) is 0 Å². The van der Waals surface area contributed by atoms with E-state index in [1.165, 1.54) is 14.2 Å². The van der Waals surface area contributed by atoms with Gasteiger partial charge in [-0.15, -0.1) is 0 Å². The van der Waals surface area contributed by atoms with E-state index in [4.69, 9.17) is 14.2 Å². The fourth-order valence-electron chi connectivity index (χ4n) is 1.85. The van der Waals surface area contributed by atoms with Crippen molar-refractivity contribution >= 4 is 0 Å². The van der Waals surface area contributed by atoms with Crippen LogP contribution in [0, 0.1) is 0 Å². The molecule has 0 atom stereocenters. The first-order valence-electron chi connectivity index (χ1n) is 6.46. The molecule has 7 nitrogen and oxygen atoms in total. The molecule has 7 heteroatoms.